The fourth-order valence-corrected chi connectivity index (χ4v) is 2.29. The molecule has 1 unspecified atom stereocenters. The third-order valence-corrected chi connectivity index (χ3v) is 3.93. The van der Waals surface area contributed by atoms with Crippen molar-refractivity contribution in [3.8, 4) is 0 Å². The molecule has 1 atom stereocenters. The molecule has 2 aromatic rings. The van der Waals surface area contributed by atoms with E-state index >= 15 is 0 Å². The number of halogens is 3. The Bertz CT molecular complexity index is 559. The summed E-state index contributed by atoms with van der Waals surface area (Å²) < 4.78 is 13.9. The highest BCUT2D eigenvalue weighted by Crippen LogP contribution is 2.26. The molecule has 2 N–H and O–H groups in total. The van der Waals surface area contributed by atoms with Gasteiger partial charge in [-0.2, -0.15) is 0 Å². The summed E-state index contributed by atoms with van der Waals surface area (Å²) in [7, 11) is 0. The van der Waals surface area contributed by atoms with Crippen LogP contribution in [0.25, 0.3) is 0 Å². The molecule has 2 aromatic carbocycles. The first-order valence-electron chi connectivity index (χ1n) is 5.51. The van der Waals surface area contributed by atoms with E-state index in [4.69, 9.17) is 17.3 Å². The summed E-state index contributed by atoms with van der Waals surface area (Å²) in [6.45, 7) is 0. The van der Waals surface area contributed by atoms with Gasteiger partial charge >= 0.3 is 0 Å². The summed E-state index contributed by atoms with van der Waals surface area (Å²) in [5, 5.41) is 0.650. The molecule has 0 spiro atoms. The van der Waals surface area contributed by atoms with E-state index in [1.54, 1.807) is 12.1 Å². The number of rotatable bonds is 3. The quantitative estimate of drug-likeness (QED) is 0.883. The van der Waals surface area contributed by atoms with Crippen LogP contribution in [-0.4, -0.2) is 0 Å². The van der Waals surface area contributed by atoms with Crippen molar-refractivity contribution in [2.45, 2.75) is 12.5 Å². The molecule has 0 saturated heterocycles. The first-order valence-corrected chi connectivity index (χ1v) is 6.68. The summed E-state index contributed by atoms with van der Waals surface area (Å²) in [6, 6.07) is 11.9. The Balaban J connectivity index is 2.16. The third-order valence-electron chi connectivity index (χ3n) is 2.72. The Labute approximate surface area is 119 Å². The maximum atomic E-state index is 13.1. The van der Waals surface area contributed by atoms with Gasteiger partial charge in [-0.1, -0.05) is 29.8 Å². The van der Waals surface area contributed by atoms with E-state index in [9.17, 15) is 4.39 Å². The van der Waals surface area contributed by atoms with Gasteiger partial charge in [0.1, 0.15) is 5.82 Å². The Morgan fingerprint density at radius 1 is 1.22 bits per heavy atom. The van der Waals surface area contributed by atoms with E-state index in [-0.39, 0.29) is 11.9 Å². The molecule has 0 aliphatic rings. The standard InChI is InChI=1S/C14H12BrClFN/c15-12-8-10(4-5-13(12)16)14(18)7-9-2-1-3-11(17)6-9/h1-6,8,14H,7,18H2. The fraction of sp³-hybridized carbons (Fsp3) is 0.143. The Hall–Kier alpha value is -0.900. The Morgan fingerprint density at radius 3 is 2.67 bits per heavy atom. The van der Waals surface area contributed by atoms with Crippen molar-refractivity contribution in [2.24, 2.45) is 5.73 Å². The van der Waals surface area contributed by atoms with Crippen LogP contribution in [0.4, 0.5) is 4.39 Å². The van der Waals surface area contributed by atoms with Crippen molar-refractivity contribution in [2.75, 3.05) is 0 Å². The van der Waals surface area contributed by atoms with E-state index < -0.39 is 0 Å². The molecule has 1 nitrogen and oxygen atoms in total. The van der Waals surface area contributed by atoms with Gasteiger partial charge in [-0.15, -0.1) is 0 Å². The van der Waals surface area contributed by atoms with Crippen LogP contribution in [0.3, 0.4) is 0 Å². The lowest BCUT2D eigenvalue weighted by molar-refractivity contribution is 0.622. The van der Waals surface area contributed by atoms with Gasteiger partial charge < -0.3 is 5.73 Å². The lowest BCUT2D eigenvalue weighted by Gasteiger charge is -2.13. The van der Waals surface area contributed by atoms with E-state index in [0.717, 1.165) is 15.6 Å². The van der Waals surface area contributed by atoms with Crippen LogP contribution in [0.1, 0.15) is 17.2 Å². The predicted octanol–water partition coefficient (Wildman–Crippen LogP) is 4.48. The van der Waals surface area contributed by atoms with Gasteiger partial charge in [0.05, 0.1) is 5.02 Å². The maximum absolute atomic E-state index is 13.1. The van der Waals surface area contributed by atoms with Crippen molar-refractivity contribution in [1.82, 2.24) is 0 Å². The van der Waals surface area contributed by atoms with Crippen molar-refractivity contribution >= 4 is 27.5 Å². The predicted molar refractivity (Wildman–Crippen MR) is 76.2 cm³/mol. The van der Waals surface area contributed by atoms with Crippen LogP contribution in [0.5, 0.6) is 0 Å². The molecule has 4 heteroatoms. The highest BCUT2D eigenvalue weighted by Gasteiger charge is 2.09. The van der Waals surface area contributed by atoms with Gasteiger partial charge in [-0.25, -0.2) is 4.39 Å². The molecule has 0 fully saturated rings. The minimum Gasteiger partial charge on any atom is -0.324 e. The molecule has 0 amide bonds. The average molecular weight is 329 g/mol. The van der Waals surface area contributed by atoms with Crippen molar-refractivity contribution in [3.63, 3.8) is 0 Å². The second kappa shape index (κ2) is 5.83. The van der Waals surface area contributed by atoms with Gasteiger partial charge in [-0.3, -0.25) is 0 Å². The number of hydrogen-bond donors (Lipinski definition) is 1. The van der Waals surface area contributed by atoms with Gasteiger partial charge in [-0.05, 0) is 57.7 Å². The summed E-state index contributed by atoms with van der Waals surface area (Å²) in [5.41, 5.74) is 7.96. The highest BCUT2D eigenvalue weighted by atomic mass is 79.9. The maximum Gasteiger partial charge on any atom is 0.123 e. The zero-order valence-corrected chi connectivity index (χ0v) is 11.9. The topological polar surface area (TPSA) is 26.0 Å². The van der Waals surface area contributed by atoms with Gasteiger partial charge in [0.15, 0.2) is 0 Å². The normalized spacial score (nSPS) is 12.4. The number of hydrogen-bond acceptors (Lipinski definition) is 1. The number of benzene rings is 2. The third kappa shape index (κ3) is 3.31. The minimum atomic E-state index is -0.239. The SMILES string of the molecule is NC(Cc1cccc(F)c1)c1ccc(Cl)c(Br)c1. The van der Waals surface area contributed by atoms with Crippen LogP contribution in [-0.2, 0) is 6.42 Å². The lowest BCUT2D eigenvalue weighted by atomic mass is 10.00. The molecule has 0 radical (unpaired) electrons. The molecular formula is C14H12BrClFN. The van der Waals surface area contributed by atoms with E-state index in [0.29, 0.717) is 11.4 Å². The molecule has 0 bridgehead atoms. The summed E-state index contributed by atoms with van der Waals surface area (Å²) in [4.78, 5) is 0. The number of nitrogens with two attached hydrogens (primary N) is 1. The molecule has 0 aliphatic carbocycles. The van der Waals surface area contributed by atoms with Crippen molar-refractivity contribution in [1.29, 1.82) is 0 Å². The van der Waals surface area contributed by atoms with Gasteiger partial charge in [0, 0.05) is 10.5 Å². The van der Waals surface area contributed by atoms with Crippen LogP contribution in [0.15, 0.2) is 46.9 Å². The highest BCUT2D eigenvalue weighted by molar-refractivity contribution is 9.10. The van der Waals surface area contributed by atoms with Crippen molar-refractivity contribution < 1.29 is 4.39 Å². The smallest absolute Gasteiger partial charge is 0.123 e. The van der Waals surface area contributed by atoms with Crippen LogP contribution in [0, 0.1) is 5.82 Å². The monoisotopic (exact) mass is 327 g/mol. The van der Waals surface area contributed by atoms with Gasteiger partial charge in [0.25, 0.3) is 0 Å². The summed E-state index contributed by atoms with van der Waals surface area (Å²) in [6.07, 6.45) is 0.589. The molecular weight excluding hydrogens is 317 g/mol. The minimum absolute atomic E-state index is 0.180. The Kier molecular flexibility index (Phi) is 4.38. The van der Waals surface area contributed by atoms with E-state index in [2.05, 4.69) is 15.9 Å². The molecule has 0 aliphatic heterocycles. The molecule has 0 saturated carbocycles. The summed E-state index contributed by atoms with van der Waals surface area (Å²) in [5.74, 6) is -0.239. The first kappa shape index (κ1) is 13.5. The van der Waals surface area contributed by atoms with Gasteiger partial charge in [0.2, 0.25) is 0 Å². The van der Waals surface area contributed by atoms with E-state index in [1.807, 2.05) is 18.2 Å². The Morgan fingerprint density at radius 2 is 2.00 bits per heavy atom. The van der Waals surface area contributed by atoms with Crippen LogP contribution < -0.4 is 5.73 Å². The molecule has 2 rings (SSSR count). The second-order valence-electron chi connectivity index (χ2n) is 4.11. The van der Waals surface area contributed by atoms with E-state index in [1.165, 1.54) is 12.1 Å². The van der Waals surface area contributed by atoms with Crippen molar-refractivity contribution in [3.05, 3.63) is 68.9 Å². The molecule has 0 aromatic heterocycles. The summed E-state index contributed by atoms with van der Waals surface area (Å²) >= 11 is 9.29. The molecule has 94 valence electrons. The molecule has 0 heterocycles. The van der Waals surface area contributed by atoms with Crippen LogP contribution >= 0.6 is 27.5 Å². The van der Waals surface area contributed by atoms with Crippen LogP contribution in [0.2, 0.25) is 5.02 Å². The first-order chi connectivity index (χ1) is 8.56. The lowest BCUT2D eigenvalue weighted by Crippen LogP contribution is -2.13. The average Bonchev–Trinajstić information content (AvgIpc) is 2.32. The fourth-order valence-electron chi connectivity index (χ4n) is 1.78. The molecule has 18 heavy (non-hydrogen) atoms. The zero-order valence-electron chi connectivity index (χ0n) is 9.54. The zero-order chi connectivity index (χ0) is 13.1. The largest absolute Gasteiger partial charge is 0.324 e. The second-order valence-corrected chi connectivity index (χ2v) is 5.38.